The van der Waals surface area contributed by atoms with E-state index < -0.39 is 18.0 Å². The number of rotatable bonds is 4. The van der Waals surface area contributed by atoms with Gasteiger partial charge in [-0.1, -0.05) is 0 Å². The van der Waals surface area contributed by atoms with Gasteiger partial charge in [0.05, 0.1) is 6.61 Å². The quantitative estimate of drug-likeness (QED) is 0.444. The first kappa shape index (κ1) is 16.5. The van der Waals surface area contributed by atoms with Crippen molar-refractivity contribution in [1.82, 2.24) is 4.90 Å². The zero-order valence-electron chi connectivity index (χ0n) is 9.60. The second kappa shape index (κ2) is 7.74. The van der Waals surface area contributed by atoms with Gasteiger partial charge in [-0.05, 0) is 26.7 Å². The summed E-state index contributed by atoms with van der Waals surface area (Å²) in [5, 5.41) is 8.98. The van der Waals surface area contributed by atoms with Gasteiger partial charge in [0.2, 0.25) is 0 Å². The standard InChI is InChI=1S/C11H17NO4.Na.H/c1-3-16-10(13)7-8(2)12-6-4-5-9(12)11(14)15;;/h7,9H,3-6H2,1-2H3,(H,14,15);;/b8-7+;;/t9-;;/m0../s1. The van der Waals surface area contributed by atoms with E-state index in [0.29, 0.717) is 25.3 Å². The third kappa shape index (κ3) is 4.69. The molecule has 6 heteroatoms. The molecule has 0 unspecified atom stereocenters. The van der Waals surface area contributed by atoms with Gasteiger partial charge >= 0.3 is 41.5 Å². The van der Waals surface area contributed by atoms with Gasteiger partial charge in [0, 0.05) is 18.3 Å². The van der Waals surface area contributed by atoms with Crippen LogP contribution in [0.25, 0.3) is 0 Å². The third-order valence-corrected chi connectivity index (χ3v) is 2.60. The summed E-state index contributed by atoms with van der Waals surface area (Å²) >= 11 is 0. The minimum atomic E-state index is -0.839. The fourth-order valence-electron chi connectivity index (χ4n) is 1.88. The Bertz CT molecular complexity index is 317. The fourth-order valence-corrected chi connectivity index (χ4v) is 1.88. The maximum atomic E-state index is 11.2. The summed E-state index contributed by atoms with van der Waals surface area (Å²) in [6.45, 7) is 4.47. The molecular weight excluding hydrogens is 233 g/mol. The number of likely N-dealkylation sites (tertiary alicyclic amines) is 1. The van der Waals surface area contributed by atoms with Gasteiger partial charge in [-0.25, -0.2) is 9.59 Å². The zero-order chi connectivity index (χ0) is 12.1. The molecule has 1 rings (SSSR count). The Morgan fingerprint density at radius 3 is 2.71 bits per heavy atom. The Labute approximate surface area is 123 Å². The van der Waals surface area contributed by atoms with Crippen LogP contribution in [0.15, 0.2) is 11.8 Å². The summed E-state index contributed by atoms with van der Waals surface area (Å²) in [4.78, 5) is 23.9. The molecule has 92 valence electrons. The molecule has 1 aliphatic heterocycles. The van der Waals surface area contributed by atoms with E-state index in [1.807, 2.05) is 0 Å². The summed E-state index contributed by atoms with van der Waals surface area (Å²) in [6, 6.07) is -0.509. The number of carbonyl (C=O) groups excluding carboxylic acids is 1. The first-order valence-electron chi connectivity index (χ1n) is 5.40. The molecule has 0 amide bonds. The number of allylic oxidation sites excluding steroid dienone is 1. The number of carbonyl (C=O) groups is 2. The van der Waals surface area contributed by atoms with Crippen LogP contribution in [0.3, 0.4) is 0 Å². The molecule has 1 saturated heterocycles. The van der Waals surface area contributed by atoms with E-state index in [9.17, 15) is 9.59 Å². The van der Waals surface area contributed by atoms with Gasteiger partial charge in [-0.3, -0.25) is 0 Å². The predicted octanol–water partition coefficient (Wildman–Crippen LogP) is 0.354. The average Bonchev–Trinajstić information content (AvgIpc) is 2.65. The van der Waals surface area contributed by atoms with Gasteiger partial charge in [-0.15, -0.1) is 0 Å². The Morgan fingerprint density at radius 2 is 2.18 bits per heavy atom. The van der Waals surface area contributed by atoms with Crippen molar-refractivity contribution in [3.63, 3.8) is 0 Å². The van der Waals surface area contributed by atoms with Gasteiger partial charge in [-0.2, -0.15) is 0 Å². The minimum absolute atomic E-state index is 0. The molecule has 17 heavy (non-hydrogen) atoms. The molecule has 0 aromatic rings. The van der Waals surface area contributed by atoms with Gasteiger partial charge in [0.1, 0.15) is 6.04 Å². The van der Waals surface area contributed by atoms with E-state index in [4.69, 9.17) is 9.84 Å². The second-order valence-electron chi connectivity index (χ2n) is 3.73. The van der Waals surface area contributed by atoms with Crippen molar-refractivity contribution in [2.45, 2.75) is 32.7 Å². The molecule has 1 heterocycles. The molecule has 0 radical (unpaired) electrons. The number of carboxylic acid groups (broad SMARTS) is 1. The fraction of sp³-hybridized carbons (Fsp3) is 0.636. The first-order valence-corrected chi connectivity index (χ1v) is 5.40. The Kier molecular flexibility index (Phi) is 7.50. The topological polar surface area (TPSA) is 66.8 Å². The molecule has 1 aliphatic rings. The van der Waals surface area contributed by atoms with Crippen molar-refractivity contribution in [3.05, 3.63) is 11.8 Å². The Balaban J connectivity index is 0.00000256. The average molecular weight is 251 g/mol. The number of aliphatic carboxylic acids is 1. The van der Waals surface area contributed by atoms with E-state index in [1.165, 1.54) is 6.08 Å². The normalized spacial score (nSPS) is 19.8. The van der Waals surface area contributed by atoms with E-state index in [-0.39, 0.29) is 29.6 Å². The van der Waals surface area contributed by atoms with Crippen LogP contribution in [-0.2, 0) is 14.3 Å². The van der Waals surface area contributed by atoms with Crippen molar-refractivity contribution < 1.29 is 19.4 Å². The SMILES string of the molecule is CCOC(=O)/C=C(\C)N1CCC[C@H]1C(=O)O.[NaH]. The molecule has 0 aromatic carbocycles. The number of nitrogens with zero attached hydrogens (tertiary/aromatic N) is 1. The second-order valence-corrected chi connectivity index (χ2v) is 3.73. The third-order valence-electron chi connectivity index (χ3n) is 2.60. The molecule has 1 fully saturated rings. The van der Waals surface area contributed by atoms with E-state index >= 15 is 0 Å². The summed E-state index contributed by atoms with van der Waals surface area (Å²) < 4.78 is 4.78. The summed E-state index contributed by atoms with van der Waals surface area (Å²) in [5.74, 6) is -1.26. The monoisotopic (exact) mass is 251 g/mol. The van der Waals surface area contributed by atoms with Crippen LogP contribution in [0.4, 0.5) is 0 Å². The first-order chi connectivity index (χ1) is 7.56. The number of ether oxygens (including phenoxy) is 1. The molecule has 1 atom stereocenters. The van der Waals surface area contributed by atoms with Crippen LogP contribution < -0.4 is 0 Å². The van der Waals surface area contributed by atoms with Crippen molar-refractivity contribution >= 4 is 41.5 Å². The molecule has 0 spiro atoms. The summed E-state index contributed by atoms with van der Waals surface area (Å²) in [6.07, 6.45) is 2.82. The summed E-state index contributed by atoms with van der Waals surface area (Å²) in [7, 11) is 0. The van der Waals surface area contributed by atoms with Crippen LogP contribution in [0.1, 0.15) is 26.7 Å². The number of carboxylic acids is 1. The predicted molar refractivity (Wildman–Crippen MR) is 64.9 cm³/mol. The number of hydrogen-bond donors (Lipinski definition) is 1. The molecular formula is C11H18NNaO4. The summed E-state index contributed by atoms with van der Waals surface area (Å²) in [5.41, 5.74) is 0.656. The van der Waals surface area contributed by atoms with Crippen LogP contribution in [0.5, 0.6) is 0 Å². The zero-order valence-corrected chi connectivity index (χ0v) is 9.60. The Morgan fingerprint density at radius 1 is 1.53 bits per heavy atom. The number of esters is 1. The van der Waals surface area contributed by atoms with E-state index in [2.05, 4.69) is 0 Å². The van der Waals surface area contributed by atoms with Crippen molar-refractivity contribution in [2.75, 3.05) is 13.2 Å². The Hall–Kier alpha value is -0.520. The van der Waals surface area contributed by atoms with Crippen LogP contribution >= 0.6 is 0 Å². The van der Waals surface area contributed by atoms with Gasteiger partial charge in [0.15, 0.2) is 0 Å². The van der Waals surface area contributed by atoms with Crippen LogP contribution in [0.2, 0.25) is 0 Å². The molecule has 1 N–H and O–H groups in total. The van der Waals surface area contributed by atoms with Gasteiger partial charge in [0.25, 0.3) is 0 Å². The van der Waals surface area contributed by atoms with Crippen LogP contribution in [-0.4, -0.2) is 70.7 Å². The molecule has 0 saturated carbocycles. The molecule has 0 aromatic heterocycles. The maximum absolute atomic E-state index is 11.2. The molecule has 0 bridgehead atoms. The van der Waals surface area contributed by atoms with Crippen molar-refractivity contribution in [1.29, 1.82) is 0 Å². The van der Waals surface area contributed by atoms with Gasteiger partial charge < -0.3 is 14.7 Å². The van der Waals surface area contributed by atoms with E-state index in [1.54, 1.807) is 18.7 Å². The van der Waals surface area contributed by atoms with Crippen molar-refractivity contribution in [3.8, 4) is 0 Å². The van der Waals surface area contributed by atoms with Crippen molar-refractivity contribution in [2.24, 2.45) is 0 Å². The van der Waals surface area contributed by atoms with E-state index in [0.717, 1.165) is 6.42 Å². The molecule has 0 aliphatic carbocycles. The number of hydrogen-bond acceptors (Lipinski definition) is 4. The molecule has 5 nitrogen and oxygen atoms in total. The van der Waals surface area contributed by atoms with Crippen LogP contribution in [0, 0.1) is 0 Å².